The number of aryl methyl sites for hydroxylation is 1. The molecule has 2 N–H and O–H groups in total. The molecule has 1 aromatic heterocycles. The van der Waals surface area contributed by atoms with E-state index >= 15 is 0 Å². The summed E-state index contributed by atoms with van der Waals surface area (Å²) in [6.07, 6.45) is -1.04. The number of imidazole rings is 1. The number of nitrogens with one attached hydrogen (secondary N) is 2. The van der Waals surface area contributed by atoms with Crippen molar-refractivity contribution >= 4 is 51.8 Å². The minimum Gasteiger partial charge on any atom is -0.449 e. The minimum atomic E-state index is -1.04. The smallest absolute Gasteiger partial charge is 0.338 e. The van der Waals surface area contributed by atoms with Crippen molar-refractivity contribution in [1.82, 2.24) is 9.97 Å². The molecule has 0 spiro atoms. The molecule has 1 heterocycles. The normalized spacial score (nSPS) is 11.9. The van der Waals surface area contributed by atoms with Gasteiger partial charge in [-0.25, -0.2) is 9.78 Å². The zero-order valence-corrected chi connectivity index (χ0v) is 18.8. The van der Waals surface area contributed by atoms with Crippen LogP contribution in [0.1, 0.15) is 22.8 Å². The number of halogens is 2. The highest BCUT2D eigenvalue weighted by atomic mass is 35.5. The molecule has 0 aliphatic heterocycles. The molecular formula is C24H19Cl2N3O3. The van der Waals surface area contributed by atoms with E-state index in [0.717, 1.165) is 16.6 Å². The number of aromatic nitrogens is 2. The van der Waals surface area contributed by atoms with Crippen LogP contribution in [0, 0.1) is 6.92 Å². The van der Waals surface area contributed by atoms with Crippen molar-refractivity contribution in [1.29, 1.82) is 0 Å². The zero-order valence-electron chi connectivity index (χ0n) is 17.3. The minimum absolute atomic E-state index is 0.218. The molecule has 1 atom stereocenters. The topological polar surface area (TPSA) is 84.1 Å². The summed E-state index contributed by atoms with van der Waals surface area (Å²) in [4.78, 5) is 32.8. The second-order valence-corrected chi connectivity index (χ2v) is 8.11. The average Bonchev–Trinajstić information content (AvgIpc) is 3.20. The largest absolute Gasteiger partial charge is 0.449 e. The van der Waals surface area contributed by atoms with Crippen LogP contribution in [0.25, 0.3) is 22.4 Å². The van der Waals surface area contributed by atoms with Gasteiger partial charge in [0, 0.05) is 5.56 Å². The Morgan fingerprint density at radius 1 is 1.06 bits per heavy atom. The maximum absolute atomic E-state index is 12.6. The summed E-state index contributed by atoms with van der Waals surface area (Å²) in [6, 6.07) is 17.9. The standard InChI is InChI=1S/C24H19Cl2N3O3/c1-13-6-8-15(9-7-13)22-27-18-11-10-16(12-20(18)28-22)24(31)32-14(2)23(30)29-19-5-3-4-17(25)21(19)26/h3-12,14H,1-2H3,(H,27,28)(H,29,30). The van der Waals surface area contributed by atoms with Crippen molar-refractivity contribution in [3.8, 4) is 11.4 Å². The number of anilines is 1. The van der Waals surface area contributed by atoms with Crippen molar-refractivity contribution in [2.45, 2.75) is 20.0 Å². The summed E-state index contributed by atoms with van der Waals surface area (Å²) in [7, 11) is 0. The van der Waals surface area contributed by atoms with Crippen molar-refractivity contribution in [2.24, 2.45) is 0 Å². The number of aromatic amines is 1. The van der Waals surface area contributed by atoms with Crippen molar-refractivity contribution in [2.75, 3.05) is 5.32 Å². The molecule has 6 nitrogen and oxygen atoms in total. The number of ether oxygens (including phenoxy) is 1. The lowest BCUT2D eigenvalue weighted by atomic mass is 10.1. The molecule has 1 amide bonds. The molecule has 1 unspecified atom stereocenters. The number of rotatable bonds is 5. The highest BCUT2D eigenvalue weighted by molar-refractivity contribution is 6.44. The van der Waals surface area contributed by atoms with Crippen LogP contribution in [0.5, 0.6) is 0 Å². The molecule has 32 heavy (non-hydrogen) atoms. The number of H-pyrrole nitrogens is 1. The van der Waals surface area contributed by atoms with E-state index in [0.29, 0.717) is 27.6 Å². The van der Waals surface area contributed by atoms with Crippen LogP contribution < -0.4 is 5.32 Å². The number of hydrogen-bond acceptors (Lipinski definition) is 4. The van der Waals surface area contributed by atoms with Crippen LogP contribution in [0.15, 0.2) is 60.7 Å². The van der Waals surface area contributed by atoms with Crippen LogP contribution in [-0.4, -0.2) is 27.9 Å². The Balaban J connectivity index is 1.47. The molecule has 4 aromatic rings. The number of nitrogens with zero attached hydrogens (tertiary/aromatic N) is 1. The van der Waals surface area contributed by atoms with E-state index < -0.39 is 18.0 Å². The molecule has 0 bridgehead atoms. The summed E-state index contributed by atoms with van der Waals surface area (Å²) < 4.78 is 5.33. The van der Waals surface area contributed by atoms with Gasteiger partial charge in [-0.15, -0.1) is 0 Å². The van der Waals surface area contributed by atoms with Crippen molar-refractivity contribution in [3.05, 3.63) is 81.8 Å². The van der Waals surface area contributed by atoms with Crippen molar-refractivity contribution in [3.63, 3.8) is 0 Å². The van der Waals surface area contributed by atoms with E-state index in [9.17, 15) is 9.59 Å². The Kier molecular flexibility index (Phi) is 6.17. The van der Waals surface area contributed by atoms with E-state index in [1.807, 2.05) is 31.2 Å². The quantitative estimate of drug-likeness (QED) is 0.351. The van der Waals surface area contributed by atoms with E-state index in [1.165, 1.54) is 6.92 Å². The lowest BCUT2D eigenvalue weighted by Gasteiger charge is -2.14. The maximum atomic E-state index is 12.6. The van der Waals surface area contributed by atoms with Gasteiger partial charge in [0.1, 0.15) is 5.82 Å². The predicted molar refractivity (Wildman–Crippen MR) is 126 cm³/mol. The van der Waals surface area contributed by atoms with E-state index in [4.69, 9.17) is 27.9 Å². The second kappa shape index (κ2) is 9.02. The lowest BCUT2D eigenvalue weighted by molar-refractivity contribution is -0.123. The van der Waals surface area contributed by atoms with Gasteiger partial charge < -0.3 is 15.0 Å². The van der Waals surface area contributed by atoms with Gasteiger partial charge in [0.2, 0.25) is 0 Å². The Morgan fingerprint density at radius 3 is 2.56 bits per heavy atom. The summed E-state index contributed by atoms with van der Waals surface area (Å²) in [6.45, 7) is 3.50. The van der Waals surface area contributed by atoms with Gasteiger partial charge >= 0.3 is 5.97 Å². The van der Waals surface area contributed by atoms with Crippen LogP contribution in [0.2, 0.25) is 10.0 Å². The summed E-state index contributed by atoms with van der Waals surface area (Å²) >= 11 is 12.0. The Bertz CT molecular complexity index is 1320. The predicted octanol–water partition coefficient (Wildman–Crippen LogP) is 6.03. The molecule has 0 aliphatic rings. The van der Waals surface area contributed by atoms with Gasteiger partial charge in [-0.1, -0.05) is 59.1 Å². The van der Waals surface area contributed by atoms with Crippen molar-refractivity contribution < 1.29 is 14.3 Å². The van der Waals surface area contributed by atoms with Gasteiger partial charge in [-0.3, -0.25) is 4.79 Å². The van der Waals surface area contributed by atoms with Gasteiger partial charge in [0.25, 0.3) is 5.91 Å². The number of amides is 1. The molecule has 0 saturated heterocycles. The third kappa shape index (κ3) is 4.61. The van der Waals surface area contributed by atoms with Gasteiger partial charge in [0.05, 0.1) is 32.3 Å². The second-order valence-electron chi connectivity index (χ2n) is 7.32. The number of fused-ring (bicyclic) bond motifs is 1. The third-order valence-electron chi connectivity index (χ3n) is 4.91. The van der Waals surface area contributed by atoms with Gasteiger partial charge in [-0.2, -0.15) is 0 Å². The van der Waals surface area contributed by atoms with Gasteiger partial charge in [-0.05, 0) is 44.2 Å². The fourth-order valence-electron chi connectivity index (χ4n) is 3.10. The van der Waals surface area contributed by atoms with Crippen LogP contribution in [-0.2, 0) is 9.53 Å². The first-order valence-electron chi connectivity index (χ1n) is 9.84. The van der Waals surface area contributed by atoms with E-state index in [1.54, 1.807) is 36.4 Å². The first-order valence-corrected chi connectivity index (χ1v) is 10.6. The molecule has 0 fully saturated rings. The molecule has 162 valence electrons. The highest BCUT2D eigenvalue weighted by Crippen LogP contribution is 2.29. The van der Waals surface area contributed by atoms with Crippen LogP contribution in [0.4, 0.5) is 5.69 Å². The van der Waals surface area contributed by atoms with Crippen LogP contribution in [0.3, 0.4) is 0 Å². The molecular weight excluding hydrogens is 449 g/mol. The van der Waals surface area contributed by atoms with E-state index in [2.05, 4.69) is 15.3 Å². The SMILES string of the molecule is Cc1ccc(-c2nc3ccc(C(=O)OC(C)C(=O)Nc4cccc(Cl)c4Cl)cc3[nH]2)cc1. The molecule has 8 heteroatoms. The Labute approximate surface area is 194 Å². The number of benzene rings is 3. The first kappa shape index (κ1) is 21.9. The number of carbonyl (C=O) groups excluding carboxylic acids is 2. The Hall–Kier alpha value is -3.35. The fourth-order valence-corrected chi connectivity index (χ4v) is 3.45. The Morgan fingerprint density at radius 2 is 1.81 bits per heavy atom. The molecule has 4 rings (SSSR count). The molecule has 3 aromatic carbocycles. The fraction of sp³-hybridized carbons (Fsp3) is 0.125. The lowest BCUT2D eigenvalue weighted by Crippen LogP contribution is -2.30. The molecule has 0 radical (unpaired) electrons. The highest BCUT2D eigenvalue weighted by Gasteiger charge is 2.21. The maximum Gasteiger partial charge on any atom is 0.338 e. The summed E-state index contributed by atoms with van der Waals surface area (Å²) in [5, 5.41) is 3.14. The van der Waals surface area contributed by atoms with E-state index in [-0.39, 0.29) is 5.02 Å². The summed E-state index contributed by atoms with van der Waals surface area (Å²) in [5.74, 6) is -0.443. The monoisotopic (exact) mass is 467 g/mol. The van der Waals surface area contributed by atoms with Gasteiger partial charge in [0.15, 0.2) is 6.10 Å². The molecule has 0 aliphatic carbocycles. The molecule has 0 saturated carbocycles. The number of carbonyl (C=O) groups is 2. The number of hydrogen-bond donors (Lipinski definition) is 2. The zero-order chi connectivity index (χ0) is 22.8. The first-order chi connectivity index (χ1) is 15.3. The average molecular weight is 468 g/mol. The van der Waals surface area contributed by atoms with Crippen LogP contribution >= 0.6 is 23.2 Å². The third-order valence-corrected chi connectivity index (χ3v) is 5.72. The number of esters is 1. The summed E-state index contributed by atoms with van der Waals surface area (Å²) in [5.41, 5.74) is 4.16.